The lowest BCUT2D eigenvalue weighted by Crippen LogP contribution is -2.48. The normalized spacial score (nSPS) is 26.0. The van der Waals surface area contributed by atoms with Gasteiger partial charge in [-0.15, -0.1) is 0 Å². The average molecular weight is 694 g/mol. The van der Waals surface area contributed by atoms with Crippen molar-refractivity contribution in [3.63, 3.8) is 0 Å². The number of rotatable bonds is 15. The van der Waals surface area contributed by atoms with E-state index in [0.29, 0.717) is 37.9 Å². The summed E-state index contributed by atoms with van der Waals surface area (Å²) in [5.74, 6) is 1.09. The van der Waals surface area contributed by atoms with Crippen molar-refractivity contribution in [2.75, 3.05) is 24.7 Å². The van der Waals surface area contributed by atoms with Gasteiger partial charge in [0.1, 0.15) is 35.9 Å². The van der Waals surface area contributed by atoms with Crippen molar-refractivity contribution < 1.29 is 40.8 Å². The second kappa shape index (κ2) is 17.0. The fraction of sp³-hybridized carbons (Fsp3) is 0.351. The van der Waals surface area contributed by atoms with Crippen LogP contribution in [0.3, 0.4) is 0 Å². The highest BCUT2D eigenvalue weighted by Crippen LogP contribution is 2.35. The highest BCUT2D eigenvalue weighted by atomic mass is 32.3. The van der Waals surface area contributed by atoms with Gasteiger partial charge in [0.25, 0.3) is 0 Å². The second-order valence-electron chi connectivity index (χ2n) is 11.8. The number of benzene rings is 4. The third kappa shape index (κ3) is 9.97. The van der Waals surface area contributed by atoms with E-state index in [1.54, 1.807) is 0 Å². The fourth-order valence-electron chi connectivity index (χ4n) is 5.97. The third-order valence-electron chi connectivity index (χ3n) is 8.35. The molecule has 1 unspecified atom stereocenters. The lowest BCUT2D eigenvalue weighted by atomic mass is 10.1. The van der Waals surface area contributed by atoms with Crippen LogP contribution in [0.15, 0.2) is 121 Å². The molecule has 2 fully saturated rings. The molecule has 9 nitrogen and oxygen atoms in total. The molecular weight excluding hydrogens is 653 g/mol. The Morgan fingerprint density at radius 3 is 1.83 bits per heavy atom. The first-order valence-corrected chi connectivity index (χ1v) is 19.0. The molecule has 0 radical (unpaired) electrons. The van der Waals surface area contributed by atoms with Gasteiger partial charge in [0.15, 0.2) is 11.5 Å². The Balaban J connectivity index is 1.26. The minimum Gasteiger partial charge on any atom is -0.371 e. The minimum absolute atomic E-state index is 0.0712. The summed E-state index contributed by atoms with van der Waals surface area (Å²) in [4.78, 5) is 0. The van der Waals surface area contributed by atoms with Crippen LogP contribution in [0.25, 0.3) is 0 Å². The Hall–Kier alpha value is -3.10. The van der Waals surface area contributed by atoms with E-state index in [1.807, 2.05) is 121 Å². The first-order valence-electron chi connectivity index (χ1n) is 16.0. The largest absolute Gasteiger partial charge is 0.397 e. The molecular formula is C37H41O9S2+. The predicted molar refractivity (Wildman–Crippen MR) is 183 cm³/mol. The van der Waals surface area contributed by atoms with E-state index < -0.39 is 39.8 Å². The molecule has 0 spiro atoms. The molecule has 1 N–H and O–H groups in total. The van der Waals surface area contributed by atoms with Crippen molar-refractivity contribution in [1.29, 1.82) is 0 Å². The van der Waals surface area contributed by atoms with Crippen molar-refractivity contribution >= 4 is 21.3 Å². The van der Waals surface area contributed by atoms with Crippen molar-refractivity contribution in [2.24, 2.45) is 0 Å². The SMILES string of the molecule is O=S(=O)(O)O[C@@H]1CO[C@@H](c2ccccc2)O[C@H]1C[S+]1C[C@H](OCc2ccccc2)[C@@H](OCc2ccccc2)[C@@H]1COCc1ccccc1. The van der Waals surface area contributed by atoms with Gasteiger partial charge in [-0.05, 0) is 16.7 Å². The molecule has 7 atom stereocenters. The molecule has 4 aromatic carbocycles. The summed E-state index contributed by atoms with van der Waals surface area (Å²) < 4.78 is 70.4. The van der Waals surface area contributed by atoms with Crippen LogP contribution in [0.2, 0.25) is 0 Å². The first kappa shape index (κ1) is 34.8. The zero-order chi connectivity index (χ0) is 33.2. The molecule has 48 heavy (non-hydrogen) atoms. The van der Waals surface area contributed by atoms with E-state index in [-0.39, 0.29) is 24.1 Å². The lowest BCUT2D eigenvalue weighted by molar-refractivity contribution is -0.245. The number of hydrogen-bond donors (Lipinski definition) is 1. The predicted octanol–water partition coefficient (Wildman–Crippen LogP) is 5.68. The molecule has 0 aliphatic carbocycles. The monoisotopic (exact) mass is 693 g/mol. The maximum atomic E-state index is 11.9. The van der Waals surface area contributed by atoms with Gasteiger partial charge in [-0.25, -0.2) is 4.18 Å². The second-order valence-corrected chi connectivity index (χ2v) is 15.2. The van der Waals surface area contributed by atoms with Crippen molar-refractivity contribution in [2.45, 2.75) is 55.8 Å². The fourth-order valence-corrected chi connectivity index (χ4v) is 9.44. The van der Waals surface area contributed by atoms with E-state index in [4.69, 9.17) is 27.9 Å². The summed E-state index contributed by atoms with van der Waals surface area (Å²) in [5, 5.41) is -0.0915. The minimum atomic E-state index is -4.76. The van der Waals surface area contributed by atoms with E-state index in [2.05, 4.69) is 0 Å². The highest BCUT2D eigenvalue weighted by molar-refractivity contribution is 7.97. The average Bonchev–Trinajstić information content (AvgIpc) is 3.43. The highest BCUT2D eigenvalue weighted by Gasteiger charge is 2.55. The summed E-state index contributed by atoms with van der Waals surface area (Å²) in [6, 6.07) is 39.5. The molecule has 0 bridgehead atoms. The summed E-state index contributed by atoms with van der Waals surface area (Å²) in [5.41, 5.74) is 3.98. The molecule has 0 aromatic heterocycles. The van der Waals surface area contributed by atoms with Crippen LogP contribution in [0.4, 0.5) is 0 Å². The smallest absolute Gasteiger partial charge is 0.371 e. The van der Waals surface area contributed by atoms with E-state index >= 15 is 0 Å². The van der Waals surface area contributed by atoms with Crippen molar-refractivity contribution in [1.82, 2.24) is 0 Å². The third-order valence-corrected chi connectivity index (χ3v) is 11.6. The van der Waals surface area contributed by atoms with Crippen LogP contribution >= 0.6 is 0 Å². The molecule has 2 aliphatic heterocycles. The van der Waals surface area contributed by atoms with Gasteiger partial charge in [0.2, 0.25) is 0 Å². The first-order chi connectivity index (χ1) is 23.4. The molecule has 2 aliphatic rings. The molecule has 0 saturated carbocycles. The number of ether oxygens (including phenoxy) is 5. The van der Waals surface area contributed by atoms with Crippen molar-refractivity contribution in [3.8, 4) is 0 Å². The molecule has 254 valence electrons. The zero-order valence-corrected chi connectivity index (χ0v) is 28.1. The molecule has 2 saturated heterocycles. The topological polar surface area (TPSA) is 110 Å². The van der Waals surface area contributed by atoms with E-state index in [0.717, 1.165) is 22.3 Å². The summed E-state index contributed by atoms with van der Waals surface area (Å²) in [6.45, 7) is 1.59. The van der Waals surface area contributed by atoms with Gasteiger partial charge in [-0.2, -0.15) is 8.42 Å². The summed E-state index contributed by atoms with van der Waals surface area (Å²) in [6.07, 6.45) is -3.02. The standard InChI is InChI=1S/C37H40O9S2/c38-48(39,40)46-32-24-44-37(31-19-11-4-12-20-31)45-33(32)26-47-27-34(42-22-29-15-7-2-8-16-29)36(43-23-30-17-9-3-10-18-30)35(47)25-41-21-28-13-5-1-6-14-28/h1-20,32-37H,21-27H2/p+1/t32-,33+,34+,35+,36-,37-,47?/m1/s1. The lowest BCUT2D eigenvalue weighted by Gasteiger charge is -2.35. The van der Waals surface area contributed by atoms with Gasteiger partial charge in [0.05, 0.1) is 33.0 Å². The summed E-state index contributed by atoms with van der Waals surface area (Å²) in [7, 11) is -5.19. The summed E-state index contributed by atoms with van der Waals surface area (Å²) >= 11 is 0. The van der Waals surface area contributed by atoms with Gasteiger partial charge in [-0.1, -0.05) is 121 Å². The van der Waals surface area contributed by atoms with Crippen LogP contribution in [0, 0.1) is 0 Å². The van der Waals surface area contributed by atoms with E-state index in [9.17, 15) is 13.0 Å². The Morgan fingerprint density at radius 1 is 0.708 bits per heavy atom. The maximum Gasteiger partial charge on any atom is 0.397 e. The van der Waals surface area contributed by atoms with Crippen molar-refractivity contribution in [3.05, 3.63) is 144 Å². The van der Waals surface area contributed by atoms with Gasteiger partial charge < -0.3 is 23.7 Å². The Bertz CT molecular complexity index is 1630. The molecule has 11 heteroatoms. The number of hydrogen-bond acceptors (Lipinski definition) is 8. The van der Waals surface area contributed by atoms with Crippen LogP contribution in [-0.2, 0) is 69.0 Å². The van der Waals surface area contributed by atoms with Crippen LogP contribution < -0.4 is 0 Å². The Morgan fingerprint density at radius 2 is 1.25 bits per heavy atom. The van der Waals surface area contributed by atoms with Crippen LogP contribution in [-0.4, -0.2) is 67.4 Å². The molecule has 0 amide bonds. The zero-order valence-electron chi connectivity index (χ0n) is 26.5. The Labute approximate surface area is 285 Å². The molecule has 2 heterocycles. The molecule has 4 aromatic rings. The van der Waals surface area contributed by atoms with Crippen LogP contribution in [0.1, 0.15) is 28.5 Å². The quantitative estimate of drug-likeness (QED) is 0.124. The van der Waals surface area contributed by atoms with Gasteiger partial charge in [-0.3, -0.25) is 4.55 Å². The van der Waals surface area contributed by atoms with E-state index in [1.165, 1.54) is 0 Å². The van der Waals surface area contributed by atoms with Gasteiger partial charge >= 0.3 is 10.4 Å². The molecule has 6 rings (SSSR count). The Kier molecular flexibility index (Phi) is 12.3. The maximum absolute atomic E-state index is 11.9. The van der Waals surface area contributed by atoms with Crippen LogP contribution in [0.5, 0.6) is 0 Å². The van der Waals surface area contributed by atoms with Gasteiger partial charge in [0, 0.05) is 16.5 Å².